The van der Waals surface area contributed by atoms with Crippen molar-refractivity contribution in [3.8, 4) is 0 Å². The summed E-state index contributed by atoms with van der Waals surface area (Å²) in [7, 11) is 0. The lowest BCUT2D eigenvalue weighted by atomic mass is 9.73. The van der Waals surface area contributed by atoms with Crippen molar-refractivity contribution in [2.24, 2.45) is 17.8 Å². The molecule has 1 amide bonds. The van der Waals surface area contributed by atoms with Gasteiger partial charge in [-0.1, -0.05) is 24.6 Å². The third kappa shape index (κ3) is 3.68. The smallest absolute Gasteiger partial charge is 0.307 e. The maximum Gasteiger partial charge on any atom is 0.307 e. The Morgan fingerprint density at radius 3 is 2.86 bits per heavy atom. The highest BCUT2D eigenvalue weighted by Gasteiger charge is 2.39. The molecular weight excluding hydrogens is 268 g/mol. The third-order valence-electron chi connectivity index (χ3n) is 3.90. The summed E-state index contributed by atoms with van der Waals surface area (Å²) < 4.78 is 0. The molecule has 0 spiro atoms. The van der Waals surface area contributed by atoms with Gasteiger partial charge < -0.3 is 10.4 Å². The number of nitrogens with one attached hydrogen (secondary N) is 1. The van der Waals surface area contributed by atoms with E-state index in [1.165, 1.54) is 0 Å². The van der Waals surface area contributed by atoms with Crippen LogP contribution in [0.2, 0.25) is 0 Å². The number of pyridine rings is 1. The molecule has 0 saturated carbocycles. The number of hydrogen-bond donors (Lipinski definition) is 2. The molecule has 0 saturated heterocycles. The second-order valence-corrected chi connectivity index (χ2v) is 5.63. The number of rotatable bonds is 4. The number of amides is 1. The van der Waals surface area contributed by atoms with Crippen molar-refractivity contribution >= 4 is 11.9 Å². The molecule has 0 unspecified atom stereocenters. The fourth-order valence-electron chi connectivity index (χ4n) is 2.94. The van der Waals surface area contributed by atoms with Gasteiger partial charge in [-0.2, -0.15) is 0 Å². The first-order valence-electron chi connectivity index (χ1n) is 7.05. The molecule has 1 heterocycles. The highest BCUT2D eigenvalue weighted by atomic mass is 16.4. The molecule has 112 valence electrons. The van der Waals surface area contributed by atoms with Gasteiger partial charge in [-0.15, -0.1) is 0 Å². The third-order valence-corrected chi connectivity index (χ3v) is 3.90. The number of aliphatic carboxylic acids is 1. The average Bonchev–Trinajstić information content (AvgIpc) is 2.44. The summed E-state index contributed by atoms with van der Waals surface area (Å²) in [6.07, 6.45) is 5.80. The lowest BCUT2D eigenvalue weighted by Gasteiger charge is -2.31. The molecule has 5 heteroatoms. The first-order valence-corrected chi connectivity index (χ1v) is 7.05. The van der Waals surface area contributed by atoms with Crippen molar-refractivity contribution in [2.75, 3.05) is 0 Å². The fraction of sp³-hybridized carbons (Fsp3) is 0.438. The zero-order chi connectivity index (χ0) is 15.4. The lowest BCUT2D eigenvalue weighted by molar-refractivity contribution is -0.149. The quantitative estimate of drug-likeness (QED) is 0.831. The Bertz CT molecular complexity index is 554. The number of carbonyl (C=O) groups excluding carboxylic acids is 1. The first-order chi connectivity index (χ1) is 9.99. The molecule has 0 fully saturated rings. The van der Waals surface area contributed by atoms with Crippen LogP contribution in [-0.2, 0) is 16.1 Å². The Morgan fingerprint density at radius 2 is 2.24 bits per heavy atom. The van der Waals surface area contributed by atoms with Crippen LogP contribution in [0.4, 0.5) is 0 Å². The molecule has 0 radical (unpaired) electrons. The summed E-state index contributed by atoms with van der Waals surface area (Å²) in [6.45, 7) is 4.16. The van der Waals surface area contributed by atoms with Crippen LogP contribution in [0.1, 0.15) is 25.8 Å². The monoisotopic (exact) mass is 288 g/mol. The SMILES string of the molecule is CC1=C[C@H](C)[C@@H](C(=O)O)[C@H](C(=O)NCc2cccnc2)C1. The van der Waals surface area contributed by atoms with E-state index in [2.05, 4.69) is 10.3 Å². The van der Waals surface area contributed by atoms with Crippen molar-refractivity contribution in [1.82, 2.24) is 10.3 Å². The van der Waals surface area contributed by atoms with Gasteiger partial charge in [0, 0.05) is 18.9 Å². The number of carboxylic acid groups (broad SMARTS) is 1. The van der Waals surface area contributed by atoms with E-state index in [0.717, 1.165) is 11.1 Å². The highest BCUT2D eigenvalue weighted by Crippen LogP contribution is 2.34. The Morgan fingerprint density at radius 1 is 1.48 bits per heavy atom. The summed E-state index contributed by atoms with van der Waals surface area (Å²) in [4.78, 5) is 27.8. The van der Waals surface area contributed by atoms with Crippen LogP contribution in [0, 0.1) is 17.8 Å². The first kappa shape index (κ1) is 15.2. The van der Waals surface area contributed by atoms with Crippen molar-refractivity contribution in [3.05, 3.63) is 41.7 Å². The maximum absolute atomic E-state index is 12.4. The molecule has 0 aliphatic heterocycles. The number of carboxylic acids is 1. The van der Waals surface area contributed by atoms with Gasteiger partial charge >= 0.3 is 5.97 Å². The van der Waals surface area contributed by atoms with E-state index in [0.29, 0.717) is 13.0 Å². The predicted molar refractivity (Wildman–Crippen MR) is 78.2 cm³/mol. The Kier molecular flexibility index (Phi) is 4.73. The molecule has 2 rings (SSSR count). The average molecular weight is 288 g/mol. The summed E-state index contributed by atoms with van der Waals surface area (Å²) in [6, 6.07) is 3.67. The van der Waals surface area contributed by atoms with Gasteiger partial charge in [-0.05, 0) is 30.9 Å². The molecule has 0 bridgehead atoms. The molecule has 5 nitrogen and oxygen atoms in total. The van der Waals surface area contributed by atoms with Crippen molar-refractivity contribution in [3.63, 3.8) is 0 Å². The second kappa shape index (κ2) is 6.52. The fourth-order valence-corrected chi connectivity index (χ4v) is 2.94. The minimum Gasteiger partial charge on any atom is -0.481 e. The van der Waals surface area contributed by atoms with Crippen LogP contribution >= 0.6 is 0 Å². The van der Waals surface area contributed by atoms with Gasteiger partial charge in [-0.25, -0.2) is 0 Å². The minimum absolute atomic E-state index is 0.134. The Balaban J connectivity index is 2.06. The van der Waals surface area contributed by atoms with E-state index < -0.39 is 17.8 Å². The zero-order valence-electron chi connectivity index (χ0n) is 12.2. The van der Waals surface area contributed by atoms with E-state index in [4.69, 9.17) is 0 Å². The number of hydrogen-bond acceptors (Lipinski definition) is 3. The van der Waals surface area contributed by atoms with Gasteiger partial charge in [0.15, 0.2) is 0 Å². The maximum atomic E-state index is 12.4. The number of allylic oxidation sites excluding steroid dienone is 2. The zero-order valence-corrected chi connectivity index (χ0v) is 12.2. The number of aromatic nitrogens is 1. The molecule has 1 aliphatic carbocycles. The Hall–Kier alpha value is -2.17. The Labute approximate surface area is 124 Å². The van der Waals surface area contributed by atoms with Crippen molar-refractivity contribution < 1.29 is 14.7 Å². The molecule has 0 aromatic carbocycles. The highest BCUT2D eigenvalue weighted by molar-refractivity contribution is 5.85. The van der Waals surface area contributed by atoms with Gasteiger partial charge in [0.25, 0.3) is 0 Å². The molecular formula is C16H20N2O3. The summed E-state index contributed by atoms with van der Waals surface area (Å²) in [5.41, 5.74) is 1.97. The summed E-state index contributed by atoms with van der Waals surface area (Å²) in [5, 5.41) is 12.2. The molecule has 1 aromatic heterocycles. The molecule has 3 atom stereocenters. The molecule has 1 aliphatic rings. The predicted octanol–water partition coefficient (Wildman–Crippen LogP) is 2.00. The second-order valence-electron chi connectivity index (χ2n) is 5.63. The van der Waals surface area contributed by atoms with Crippen molar-refractivity contribution in [1.29, 1.82) is 0 Å². The van der Waals surface area contributed by atoms with Crippen LogP contribution in [0.3, 0.4) is 0 Å². The van der Waals surface area contributed by atoms with E-state index in [-0.39, 0.29) is 11.8 Å². The van der Waals surface area contributed by atoms with E-state index in [1.807, 2.05) is 26.0 Å². The largest absolute Gasteiger partial charge is 0.481 e. The van der Waals surface area contributed by atoms with E-state index >= 15 is 0 Å². The molecule has 1 aromatic rings. The van der Waals surface area contributed by atoms with Crippen LogP contribution in [0.5, 0.6) is 0 Å². The van der Waals surface area contributed by atoms with Crippen LogP contribution < -0.4 is 5.32 Å². The lowest BCUT2D eigenvalue weighted by Crippen LogP contribution is -2.42. The van der Waals surface area contributed by atoms with Crippen LogP contribution in [0.25, 0.3) is 0 Å². The van der Waals surface area contributed by atoms with E-state index in [1.54, 1.807) is 18.5 Å². The standard InChI is InChI=1S/C16H20N2O3/c1-10-6-11(2)14(16(20)21)13(7-10)15(19)18-9-12-4-3-5-17-8-12/h3-6,8,11,13-14H,7,9H2,1-2H3,(H,18,19)(H,20,21)/t11-,13+,14+/m0/s1. The summed E-state index contributed by atoms with van der Waals surface area (Å²) >= 11 is 0. The van der Waals surface area contributed by atoms with Gasteiger partial charge in [0.2, 0.25) is 5.91 Å². The van der Waals surface area contributed by atoms with E-state index in [9.17, 15) is 14.7 Å². The topological polar surface area (TPSA) is 79.3 Å². The normalized spacial score (nSPS) is 25.0. The van der Waals surface area contributed by atoms with Crippen molar-refractivity contribution in [2.45, 2.75) is 26.8 Å². The minimum atomic E-state index is -0.909. The molecule has 2 N–H and O–H groups in total. The van der Waals surface area contributed by atoms with Crippen LogP contribution in [-0.4, -0.2) is 22.0 Å². The van der Waals surface area contributed by atoms with Gasteiger partial charge in [0.1, 0.15) is 0 Å². The van der Waals surface area contributed by atoms with Gasteiger partial charge in [-0.3, -0.25) is 14.6 Å². The number of carbonyl (C=O) groups is 2. The number of nitrogens with zero attached hydrogens (tertiary/aromatic N) is 1. The summed E-state index contributed by atoms with van der Waals surface area (Å²) in [5.74, 6) is -2.43. The molecule has 21 heavy (non-hydrogen) atoms. The van der Waals surface area contributed by atoms with Gasteiger partial charge in [0.05, 0.1) is 11.8 Å². The van der Waals surface area contributed by atoms with Crippen LogP contribution in [0.15, 0.2) is 36.2 Å².